The fourth-order valence-electron chi connectivity index (χ4n) is 2.40. The van der Waals surface area contributed by atoms with Crippen LogP contribution in [0.1, 0.15) is 34.6 Å². The van der Waals surface area contributed by atoms with Gasteiger partial charge in [-0.25, -0.2) is 0 Å². The Morgan fingerprint density at radius 2 is 1.77 bits per heavy atom. The largest absolute Gasteiger partial charge is 0.493 e. The van der Waals surface area contributed by atoms with Crippen molar-refractivity contribution in [2.24, 2.45) is 5.92 Å². The van der Waals surface area contributed by atoms with Crippen LogP contribution in [0.3, 0.4) is 0 Å². The highest BCUT2D eigenvalue weighted by atomic mass is 32.1. The maximum Gasteiger partial charge on any atom is 0.257 e. The summed E-state index contributed by atoms with van der Waals surface area (Å²) in [6.45, 7) is 5.58. The van der Waals surface area contributed by atoms with Crippen molar-refractivity contribution in [2.75, 3.05) is 32.2 Å². The molecule has 2 amide bonds. The highest BCUT2D eigenvalue weighted by molar-refractivity contribution is 7.80. The number of hydrogen-bond acceptors (Lipinski definition) is 5. The molecule has 0 saturated carbocycles. The Balaban J connectivity index is 1.88. The van der Waals surface area contributed by atoms with Gasteiger partial charge >= 0.3 is 0 Å². The van der Waals surface area contributed by atoms with Crippen molar-refractivity contribution in [1.29, 1.82) is 0 Å². The van der Waals surface area contributed by atoms with Gasteiger partial charge in [0.2, 0.25) is 0 Å². The van der Waals surface area contributed by atoms with Crippen molar-refractivity contribution < 1.29 is 19.1 Å². The maximum atomic E-state index is 12.4. The summed E-state index contributed by atoms with van der Waals surface area (Å²) >= 11 is 5.22. The number of carbonyl (C=O) groups excluding carboxylic acids is 2. The number of thiocarbonyl (C=S) groups is 1. The zero-order chi connectivity index (χ0) is 21.9. The summed E-state index contributed by atoms with van der Waals surface area (Å²) in [5.41, 5.74) is 1.62. The summed E-state index contributed by atoms with van der Waals surface area (Å²) in [4.78, 5) is 24.4. The maximum absolute atomic E-state index is 12.4. The van der Waals surface area contributed by atoms with Crippen LogP contribution in [0, 0.1) is 5.92 Å². The quantitative estimate of drug-likeness (QED) is 0.419. The summed E-state index contributed by atoms with van der Waals surface area (Å²) in [5.74, 6) is 0.502. The molecule has 0 aliphatic heterocycles. The first kappa shape index (κ1) is 23.3. The van der Waals surface area contributed by atoms with Gasteiger partial charge in [0.05, 0.1) is 13.2 Å². The van der Waals surface area contributed by atoms with Gasteiger partial charge in [-0.05, 0) is 60.6 Å². The van der Waals surface area contributed by atoms with E-state index in [-0.39, 0.29) is 16.9 Å². The monoisotopic (exact) mass is 429 g/mol. The van der Waals surface area contributed by atoms with E-state index in [0.29, 0.717) is 48.2 Å². The molecule has 2 aromatic carbocycles. The van der Waals surface area contributed by atoms with Gasteiger partial charge in [0.1, 0.15) is 5.75 Å². The lowest BCUT2D eigenvalue weighted by molar-refractivity contribution is 0.0935. The van der Waals surface area contributed by atoms with E-state index in [1.54, 1.807) is 49.6 Å². The highest BCUT2D eigenvalue weighted by Crippen LogP contribution is 2.15. The van der Waals surface area contributed by atoms with Crippen LogP contribution in [0.4, 0.5) is 5.69 Å². The van der Waals surface area contributed by atoms with Crippen molar-refractivity contribution in [3.63, 3.8) is 0 Å². The van der Waals surface area contributed by atoms with Crippen molar-refractivity contribution >= 4 is 34.8 Å². The van der Waals surface area contributed by atoms with Crippen molar-refractivity contribution in [3.05, 3.63) is 59.7 Å². The number of nitrogens with one attached hydrogen (secondary N) is 3. The van der Waals surface area contributed by atoms with Crippen LogP contribution in [-0.4, -0.2) is 43.8 Å². The molecule has 2 aromatic rings. The van der Waals surface area contributed by atoms with Crippen LogP contribution in [0.2, 0.25) is 0 Å². The first-order valence-corrected chi connectivity index (χ1v) is 10.0. The van der Waals surface area contributed by atoms with E-state index in [2.05, 4.69) is 29.8 Å². The molecule has 0 bridgehead atoms. The predicted molar refractivity (Wildman–Crippen MR) is 121 cm³/mol. The number of hydrogen-bond donors (Lipinski definition) is 3. The molecule has 0 radical (unpaired) electrons. The molecule has 0 aliphatic rings. The average molecular weight is 430 g/mol. The van der Waals surface area contributed by atoms with E-state index in [1.165, 1.54) is 0 Å². The molecule has 0 saturated heterocycles. The minimum atomic E-state index is -0.336. The molecule has 8 heteroatoms. The molecule has 0 aliphatic carbocycles. The number of rotatable bonds is 9. The Kier molecular flexibility index (Phi) is 9.24. The second-order valence-corrected chi connectivity index (χ2v) is 7.38. The topological polar surface area (TPSA) is 88.7 Å². The molecule has 160 valence electrons. The third kappa shape index (κ3) is 7.81. The number of amides is 2. The van der Waals surface area contributed by atoms with E-state index in [1.807, 2.05) is 6.07 Å². The van der Waals surface area contributed by atoms with Gasteiger partial charge in [-0.2, -0.15) is 0 Å². The van der Waals surface area contributed by atoms with Crippen molar-refractivity contribution in [1.82, 2.24) is 10.6 Å². The zero-order valence-corrected chi connectivity index (χ0v) is 18.2. The SMILES string of the molecule is COCCNC(=O)c1ccc(NC(=S)NC(=O)c2cccc(OCC(C)C)c2)cc1. The Labute approximate surface area is 182 Å². The van der Waals surface area contributed by atoms with Gasteiger partial charge in [0.15, 0.2) is 5.11 Å². The van der Waals surface area contributed by atoms with Crippen LogP contribution >= 0.6 is 12.2 Å². The van der Waals surface area contributed by atoms with Gasteiger partial charge in [0, 0.05) is 30.5 Å². The van der Waals surface area contributed by atoms with Crippen LogP contribution in [0.25, 0.3) is 0 Å². The van der Waals surface area contributed by atoms with E-state index < -0.39 is 0 Å². The van der Waals surface area contributed by atoms with Crippen molar-refractivity contribution in [3.8, 4) is 5.75 Å². The highest BCUT2D eigenvalue weighted by Gasteiger charge is 2.10. The second-order valence-electron chi connectivity index (χ2n) is 6.97. The van der Waals surface area contributed by atoms with Gasteiger partial charge in [-0.1, -0.05) is 19.9 Å². The van der Waals surface area contributed by atoms with Gasteiger partial charge in [-0.15, -0.1) is 0 Å². The number of benzene rings is 2. The molecule has 30 heavy (non-hydrogen) atoms. The molecule has 0 unspecified atom stereocenters. The number of anilines is 1. The molecular weight excluding hydrogens is 402 g/mol. The fourth-order valence-corrected chi connectivity index (χ4v) is 2.61. The van der Waals surface area contributed by atoms with Crippen LogP contribution in [-0.2, 0) is 4.74 Å². The average Bonchev–Trinajstić information content (AvgIpc) is 2.73. The molecule has 0 aromatic heterocycles. The molecule has 0 spiro atoms. The predicted octanol–water partition coefficient (Wildman–Crippen LogP) is 3.22. The van der Waals surface area contributed by atoms with Crippen LogP contribution in [0.15, 0.2) is 48.5 Å². The van der Waals surface area contributed by atoms with Gasteiger partial charge in [-0.3, -0.25) is 14.9 Å². The summed E-state index contributed by atoms with van der Waals surface area (Å²) in [6, 6.07) is 13.7. The summed E-state index contributed by atoms with van der Waals surface area (Å²) < 4.78 is 10.6. The Hall–Kier alpha value is -2.97. The van der Waals surface area contributed by atoms with E-state index in [9.17, 15) is 9.59 Å². The lowest BCUT2D eigenvalue weighted by atomic mass is 10.2. The molecular formula is C22H27N3O4S. The Morgan fingerprint density at radius 1 is 1.03 bits per heavy atom. The zero-order valence-electron chi connectivity index (χ0n) is 17.4. The fraction of sp³-hybridized carbons (Fsp3) is 0.318. The molecule has 0 fully saturated rings. The first-order valence-electron chi connectivity index (χ1n) is 9.61. The standard InChI is InChI=1S/C22H27N3O4S/c1-15(2)14-29-19-6-4-5-17(13-19)21(27)25-22(30)24-18-9-7-16(8-10-18)20(26)23-11-12-28-3/h4-10,13,15H,11-12,14H2,1-3H3,(H,23,26)(H2,24,25,27,30). The number of ether oxygens (including phenoxy) is 2. The lowest BCUT2D eigenvalue weighted by Crippen LogP contribution is -2.34. The van der Waals surface area contributed by atoms with E-state index >= 15 is 0 Å². The Morgan fingerprint density at radius 3 is 2.43 bits per heavy atom. The molecule has 2 rings (SSSR count). The third-order valence-electron chi connectivity index (χ3n) is 3.90. The van der Waals surface area contributed by atoms with Gasteiger partial charge < -0.3 is 20.1 Å². The van der Waals surface area contributed by atoms with Crippen LogP contribution in [0.5, 0.6) is 5.75 Å². The summed E-state index contributed by atoms with van der Waals surface area (Å²) in [6.07, 6.45) is 0. The number of carbonyl (C=O) groups is 2. The second kappa shape index (κ2) is 11.9. The molecule has 7 nitrogen and oxygen atoms in total. The minimum absolute atomic E-state index is 0.158. The molecule has 0 atom stereocenters. The summed E-state index contributed by atoms with van der Waals surface area (Å²) in [5, 5.41) is 8.48. The third-order valence-corrected chi connectivity index (χ3v) is 4.11. The van der Waals surface area contributed by atoms with E-state index in [0.717, 1.165) is 0 Å². The smallest absolute Gasteiger partial charge is 0.257 e. The summed E-state index contributed by atoms with van der Waals surface area (Å²) in [7, 11) is 1.58. The van der Waals surface area contributed by atoms with E-state index in [4.69, 9.17) is 21.7 Å². The molecule has 3 N–H and O–H groups in total. The Bertz CT molecular complexity index is 869. The van der Waals surface area contributed by atoms with Crippen molar-refractivity contribution in [2.45, 2.75) is 13.8 Å². The number of methoxy groups -OCH3 is 1. The minimum Gasteiger partial charge on any atom is -0.493 e. The normalized spacial score (nSPS) is 10.4. The van der Waals surface area contributed by atoms with Gasteiger partial charge in [0.25, 0.3) is 11.8 Å². The van der Waals surface area contributed by atoms with Crippen LogP contribution < -0.4 is 20.7 Å². The first-order chi connectivity index (χ1) is 14.4. The molecule has 0 heterocycles. The lowest BCUT2D eigenvalue weighted by Gasteiger charge is -2.12.